The molecule has 2 saturated heterocycles. The first-order valence-corrected chi connectivity index (χ1v) is 13.3. The monoisotopic (exact) mass is 548 g/mol. The number of nitrogens with one attached hydrogen (secondary N) is 1. The van der Waals surface area contributed by atoms with E-state index in [1.807, 2.05) is 39.8 Å². The number of thioether (sulfide) groups is 1. The molecule has 38 heavy (non-hydrogen) atoms. The molecule has 0 radical (unpaired) electrons. The number of aliphatic imine (C=N–C) groups is 1. The zero-order valence-electron chi connectivity index (χ0n) is 22.3. The van der Waals surface area contributed by atoms with Gasteiger partial charge in [0.15, 0.2) is 5.17 Å². The molecular formula is C27H32BF3N2O4S. The minimum atomic E-state index is -3.25. The van der Waals surface area contributed by atoms with Crippen LogP contribution in [0.15, 0.2) is 47.5 Å². The second-order valence-electron chi connectivity index (χ2n) is 11.3. The highest BCUT2D eigenvalue weighted by Crippen LogP contribution is 2.73. The van der Waals surface area contributed by atoms with E-state index in [2.05, 4.69) is 10.3 Å². The molecule has 11 heteroatoms. The van der Waals surface area contributed by atoms with Crippen LogP contribution >= 0.6 is 11.8 Å². The molecule has 2 aromatic rings. The van der Waals surface area contributed by atoms with E-state index in [9.17, 15) is 5.11 Å². The van der Waals surface area contributed by atoms with Gasteiger partial charge in [0, 0.05) is 5.56 Å². The molecule has 1 aliphatic carbocycles. The van der Waals surface area contributed by atoms with Gasteiger partial charge in [0.25, 0.3) is 5.92 Å². The van der Waals surface area contributed by atoms with Gasteiger partial charge in [0.2, 0.25) is 0 Å². The normalized spacial score (nSPS) is 31.6. The third-order valence-corrected chi connectivity index (χ3v) is 9.83. The fourth-order valence-corrected chi connectivity index (χ4v) is 6.86. The molecule has 3 atom stereocenters. The Bertz CT molecular complexity index is 1260. The number of nitrogens with zero attached hydrogens (tertiary/aromatic N) is 1. The highest BCUT2D eigenvalue weighted by molar-refractivity contribution is 8.15. The van der Waals surface area contributed by atoms with Gasteiger partial charge in [-0.2, -0.15) is 0 Å². The van der Waals surface area contributed by atoms with Crippen LogP contribution in [-0.2, 0) is 21.4 Å². The summed E-state index contributed by atoms with van der Waals surface area (Å²) < 4.78 is 61.9. The van der Waals surface area contributed by atoms with E-state index < -0.39 is 52.9 Å². The molecule has 6 nitrogen and oxygen atoms in total. The standard InChI is InChI=1S/C27H32BF3N2O4S/c1-23(2)24(3,4)37-28(36-23)17-9-12-20(29)19(13-17)25(5)21-26(15-34,27(21,30)31)38-22(33-25)32-14-16-7-10-18(35-6)11-8-16/h7-13,21,34H,14-15H2,1-6H3,(H,32,33)/t21-,25+,26+/m0/s1. The average Bonchev–Trinajstić information content (AvgIpc) is 3.28. The molecule has 2 heterocycles. The zero-order valence-corrected chi connectivity index (χ0v) is 23.1. The fourth-order valence-electron chi connectivity index (χ4n) is 5.37. The predicted octanol–water partition coefficient (Wildman–Crippen LogP) is 4.24. The van der Waals surface area contributed by atoms with Crippen LogP contribution in [0, 0.1) is 11.7 Å². The van der Waals surface area contributed by atoms with Crippen molar-refractivity contribution in [3.8, 4) is 5.75 Å². The second kappa shape index (κ2) is 8.91. The highest BCUT2D eigenvalue weighted by atomic mass is 32.2. The molecule has 0 unspecified atom stereocenters. The van der Waals surface area contributed by atoms with E-state index >= 15 is 13.2 Å². The summed E-state index contributed by atoms with van der Waals surface area (Å²) in [6.07, 6.45) is 0. The van der Waals surface area contributed by atoms with Gasteiger partial charge in [-0.3, -0.25) is 4.99 Å². The van der Waals surface area contributed by atoms with E-state index in [1.165, 1.54) is 19.1 Å². The number of fused-ring (bicyclic) bond motifs is 1. The maximum absolute atomic E-state index is 15.4. The van der Waals surface area contributed by atoms with Crippen molar-refractivity contribution in [2.75, 3.05) is 13.7 Å². The van der Waals surface area contributed by atoms with Crippen molar-refractivity contribution in [3.63, 3.8) is 0 Å². The molecule has 1 saturated carbocycles. The van der Waals surface area contributed by atoms with Crippen molar-refractivity contribution < 1.29 is 32.3 Å². The van der Waals surface area contributed by atoms with Gasteiger partial charge in [-0.15, -0.1) is 0 Å². The zero-order chi connectivity index (χ0) is 27.7. The summed E-state index contributed by atoms with van der Waals surface area (Å²) in [5.41, 5.74) is -1.38. The van der Waals surface area contributed by atoms with Crippen LogP contribution in [0.25, 0.3) is 0 Å². The van der Waals surface area contributed by atoms with Crippen LogP contribution in [-0.4, -0.2) is 53.0 Å². The Kier molecular flexibility index (Phi) is 6.41. The maximum Gasteiger partial charge on any atom is 0.494 e. The Labute approximate surface area is 225 Å². The topological polar surface area (TPSA) is 72.3 Å². The van der Waals surface area contributed by atoms with Crippen LogP contribution < -0.4 is 15.5 Å². The molecular weight excluding hydrogens is 516 g/mol. The summed E-state index contributed by atoms with van der Waals surface area (Å²) in [6.45, 7) is 8.61. The van der Waals surface area contributed by atoms with Gasteiger partial charge < -0.3 is 24.5 Å². The van der Waals surface area contributed by atoms with Gasteiger partial charge in [-0.05, 0) is 63.8 Å². The summed E-state index contributed by atoms with van der Waals surface area (Å²) in [4.78, 5) is 4.54. The number of benzene rings is 2. The van der Waals surface area contributed by atoms with Gasteiger partial charge >= 0.3 is 7.12 Å². The van der Waals surface area contributed by atoms with Crippen molar-refractivity contribution >= 4 is 29.5 Å². The number of hydrogen-bond donors (Lipinski definition) is 2. The lowest BCUT2D eigenvalue weighted by Crippen LogP contribution is -2.52. The van der Waals surface area contributed by atoms with E-state index in [0.29, 0.717) is 11.2 Å². The molecule has 3 aliphatic rings. The minimum absolute atomic E-state index is 0.0437. The van der Waals surface area contributed by atoms with Crippen molar-refractivity contribution in [2.24, 2.45) is 10.9 Å². The lowest BCUT2D eigenvalue weighted by molar-refractivity contribution is 0.00578. The number of aliphatic hydroxyl groups excluding tert-OH is 1. The van der Waals surface area contributed by atoms with Crippen LogP contribution in [0.5, 0.6) is 5.75 Å². The first kappa shape index (κ1) is 27.4. The van der Waals surface area contributed by atoms with Crippen molar-refractivity contribution in [1.29, 1.82) is 0 Å². The molecule has 0 bridgehead atoms. The molecule has 2 N–H and O–H groups in total. The Morgan fingerprint density at radius 3 is 2.26 bits per heavy atom. The lowest BCUT2D eigenvalue weighted by atomic mass is 9.75. The number of halogens is 3. The van der Waals surface area contributed by atoms with Gasteiger partial charge in [-0.1, -0.05) is 36.0 Å². The first-order valence-electron chi connectivity index (χ1n) is 12.5. The van der Waals surface area contributed by atoms with Crippen molar-refractivity contribution in [3.05, 3.63) is 59.4 Å². The summed E-state index contributed by atoms with van der Waals surface area (Å²) in [5, 5.41) is 13.5. The van der Waals surface area contributed by atoms with Gasteiger partial charge in [-0.25, -0.2) is 13.2 Å². The Balaban J connectivity index is 1.51. The van der Waals surface area contributed by atoms with E-state index in [1.54, 1.807) is 25.3 Å². The molecule has 0 amide bonds. The maximum atomic E-state index is 15.4. The quantitative estimate of drug-likeness (QED) is 0.527. The molecule has 0 spiro atoms. The number of alkyl halides is 2. The van der Waals surface area contributed by atoms with Crippen LogP contribution in [0.3, 0.4) is 0 Å². The Morgan fingerprint density at radius 2 is 1.68 bits per heavy atom. The van der Waals surface area contributed by atoms with E-state index in [0.717, 1.165) is 17.3 Å². The van der Waals surface area contributed by atoms with E-state index in [-0.39, 0.29) is 17.3 Å². The highest BCUT2D eigenvalue weighted by Gasteiger charge is 2.88. The lowest BCUT2D eigenvalue weighted by Gasteiger charge is -2.38. The third kappa shape index (κ3) is 4.04. The second-order valence-corrected chi connectivity index (χ2v) is 12.6. The third-order valence-electron chi connectivity index (χ3n) is 8.41. The van der Waals surface area contributed by atoms with Gasteiger partial charge in [0.1, 0.15) is 16.3 Å². The molecule has 2 aliphatic heterocycles. The van der Waals surface area contributed by atoms with Crippen LogP contribution in [0.2, 0.25) is 0 Å². The fraction of sp³-hybridized carbons (Fsp3) is 0.519. The summed E-state index contributed by atoms with van der Waals surface area (Å²) in [7, 11) is 0.784. The number of amidine groups is 1. The summed E-state index contributed by atoms with van der Waals surface area (Å²) in [6, 6.07) is 11.6. The predicted molar refractivity (Wildman–Crippen MR) is 143 cm³/mol. The number of ether oxygens (including phenoxy) is 1. The first-order chi connectivity index (χ1) is 17.7. The molecule has 5 rings (SSSR count). The average molecular weight is 548 g/mol. The van der Waals surface area contributed by atoms with E-state index in [4.69, 9.17) is 14.0 Å². The largest absolute Gasteiger partial charge is 0.497 e. The summed E-state index contributed by atoms with van der Waals surface area (Å²) in [5.74, 6) is -4.56. The SMILES string of the molecule is COc1ccc(CN=C2N[C@](C)(c3cc(B4OC(C)(C)C(C)(C)O4)ccc3F)[C@@H]3C(F)(F)[C@]3(CO)S2)cc1. The summed E-state index contributed by atoms with van der Waals surface area (Å²) >= 11 is 0.816. The molecule has 0 aromatic heterocycles. The Hall–Kier alpha value is -2.21. The van der Waals surface area contributed by atoms with Crippen LogP contribution in [0.4, 0.5) is 13.2 Å². The number of rotatable bonds is 6. The minimum Gasteiger partial charge on any atom is -0.497 e. The number of hydrogen-bond acceptors (Lipinski definition) is 6. The van der Waals surface area contributed by atoms with Crippen molar-refractivity contribution in [1.82, 2.24) is 5.32 Å². The molecule has 2 aromatic carbocycles. The Morgan fingerprint density at radius 1 is 1.05 bits per heavy atom. The van der Waals surface area contributed by atoms with Crippen molar-refractivity contribution in [2.45, 2.75) is 68.6 Å². The van der Waals surface area contributed by atoms with Crippen LogP contribution in [0.1, 0.15) is 45.7 Å². The van der Waals surface area contributed by atoms with Gasteiger partial charge in [0.05, 0.1) is 42.9 Å². The number of aliphatic hydroxyl groups is 1. The molecule has 3 fully saturated rings. The molecule has 204 valence electrons. The number of methoxy groups -OCH3 is 1. The smallest absolute Gasteiger partial charge is 0.494 e.